The van der Waals surface area contributed by atoms with Gasteiger partial charge in [-0.05, 0) is 30.7 Å². The quantitative estimate of drug-likeness (QED) is 0.819. The number of nitrogens with two attached hydrogens (primary N) is 1. The van der Waals surface area contributed by atoms with E-state index in [-0.39, 0.29) is 17.6 Å². The van der Waals surface area contributed by atoms with Crippen LogP contribution in [0.4, 0.5) is 0 Å². The molecule has 5 nitrogen and oxygen atoms in total. The topological polar surface area (TPSA) is 70.7 Å². The van der Waals surface area contributed by atoms with E-state index < -0.39 is 0 Å². The van der Waals surface area contributed by atoms with E-state index in [2.05, 4.69) is 29.1 Å². The number of carbonyl (C=O) groups excluding carboxylic acids is 1. The number of rotatable bonds is 4. The molecule has 24 heavy (non-hydrogen) atoms. The highest BCUT2D eigenvalue weighted by Gasteiger charge is 2.36. The maximum absolute atomic E-state index is 12.4. The summed E-state index contributed by atoms with van der Waals surface area (Å²) in [6.07, 6.45) is 0. The lowest BCUT2D eigenvalue weighted by atomic mass is 9.97. The molecule has 1 amide bonds. The first-order valence-corrected chi connectivity index (χ1v) is 8.41. The summed E-state index contributed by atoms with van der Waals surface area (Å²) in [6, 6.07) is 7.54. The van der Waals surface area contributed by atoms with Gasteiger partial charge >= 0.3 is 0 Å². The Kier molecular flexibility index (Phi) is 6.02. The summed E-state index contributed by atoms with van der Waals surface area (Å²) in [4.78, 5) is 19.0. The van der Waals surface area contributed by atoms with Crippen molar-refractivity contribution in [1.82, 2.24) is 10.2 Å². The lowest BCUT2D eigenvalue weighted by Crippen LogP contribution is -2.34. The van der Waals surface area contributed by atoms with Gasteiger partial charge in [0.25, 0.3) is 5.91 Å². The average molecular weight is 349 g/mol. The Balaban J connectivity index is 2.13. The lowest BCUT2D eigenvalue weighted by Gasteiger charge is -2.22. The van der Waals surface area contributed by atoms with Gasteiger partial charge in [-0.15, -0.1) is 0 Å². The molecule has 0 aromatic heterocycles. The molecule has 0 bridgehead atoms. The maximum Gasteiger partial charge on any atom is 0.267 e. The van der Waals surface area contributed by atoms with Crippen molar-refractivity contribution in [2.75, 3.05) is 20.6 Å². The third-order valence-corrected chi connectivity index (χ3v) is 4.53. The third kappa shape index (κ3) is 3.97. The molecular formula is C18H25ClN4O. The summed E-state index contributed by atoms with van der Waals surface area (Å²) in [5.74, 6) is 0.134. The fourth-order valence-corrected chi connectivity index (χ4v) is 3.27. The number of hydrogen-bond acceptors (Lipinski definition) is 4. The van der Waals surface area contributed by atoms with Gasteiger partial charge in [0.05, 0.1) is 11.8 Å². The molecule has 130 valence electrons. The molecule has 1 aromatic rings. The third-order valence-electron chi connectivity index (χ3n) is 4.28. The minimum absolute atomic E-state index is 0.188. The molecule has 2 rings (SSSR count). The van der Waals surface area contributed by atoms with E-state index in [4.69, 9.17) is 17.3 Å². The van der Waals surface area contributed by atoms with Crippen molar-refractivity contribution in [1.29, 1.82) is 0 Å². The predicted molar refractivity (Wildman–Crippen MR) is 99.1 cm³/mol. The van der Waals surface area contributed by atoms with Crippen LogP contribution >= 0.6 is 11.6 Å². The highest BCUT2D eigenvalue weighted by atomic mass is 35.5. The van der Waals surface area contributed by atoms with Gasteiger partial charge in [0, 0.05) is 30.7 Å². The summed E-state index contributed by atoms with van der Waals surface area (Å²) in [5.41, 5.74) is 9.10. The van der Waals surface area contributed by atoms with E-state index in [0.29, 0.717) is 24.0 Å². The number of likely N-dealkylation sites (tertiary alicyclic amines) is 1. The summed E-state index contributed by atoms with van der Waals surface area (Å²) in [6.45, 7) is 5.33. The summed E-state index contributed by atoms with van der Waals surface area (Å²) < 4.78 is 0. The van der Waals surface area contributed by atoms with Crippen molar-refractivity contribution in [3.63, 3.8) is 0 Å². The van der Waals surface area contributed by atoms with Crippen molar-refractivity contribution >= 4 is 23.2 Å². The molecule has 1 aliphatic rings. The van der Waals surface area contributed by atoms with Crippen LogP contribution in [0.2, 0.25) is 5.02 Å². The van der Waals surface area contributed by atoms with E-state index in [1.807, 2.05) is 19.2 Å². The number of nitrogens with zero attached hydrogens (tertiary/aromatic N) is 2. The van der Waals surface area contributed by atoms with E-state index in [9.17, 15) is 4.79 Å². The Morgan fingerprint density at radius 2 is 2.04 bits per heavy atom. The monoisotopic (exact) mass is 348 g/mol. The zero-order valence-corrected chi connectivity index (χ0v) is 15.4. The second-order valence-corrected chi connectivity index (χ2v) is 6.85. The summed E-state index contributed by atoms with van der Waals surface area (Å²) in [5, 5.41) is 3.53. The molecule has 1 atom stereocenters. The summed E-state index contributed by atoms with van der Waals surface area (Å²) in [7, 11) is 3.78. The number of aliphatic imine (C=N–C) groups is 1. The Bertz CT molecular complexity index is 664. The highest BCUT2D eigenvalue weighted by molar-refractivity contribution is 6.30. The number of carbonyl (C=O) groups is 1. The van der Waals surface area contributed by atoms with E-state index >= 15 is 0 Å². The zero-order chi connectivity index (χ0) is 17.9. The van der Waals surface area contributed by atoms with Gasteiger partial charge in [-0.1, -0.05) is 37.6 Å². The molecule has 0 spiro atoms. The first kappa shape index (κ1) is 18.5. The van der Waals surface area contributed by atoms with Crippen molar-refractivity contribution in [2.45, 2.75) is 26.4 Å². The maximum atomic E-state index is 12.4. The first-order valence-electron chi connectivity index (χ1n) is 8.03. The van der Waals surface area contributed by atoms with Crippen LogP contribution in [0.25, 0.3) is 0 Å². The van der Waals surface area contributed by atoms with Crippen molar-refractivity contribution in [3.05, 3.63) is 46.1 Å². The molecule has 1 fully saturated rings. The number of benzene rings is 1. The minimum Gasteiger partial charge on any atom is -0.394 e. The molecular weight excluding hydrogens is 324 g/mol. The van der Waals surface area contributed by atoms with Crippen molar-refractivity contribution in [2.24, 2.45) is 16.6 Å². The molecule has 0 saturated carbocycles. The van der Waals surface area contributed by atoms with Gasteiger partial charge in [-0.25, -0.2) is 0 Å². The fraction of sp³-hybridized carbons (Fsp3) is 0.444. The molecule has 0 radical (unpaired) electrons. The number of halogens is 1. The van der Waals surface area contributed by atoms with E-state index in [0.717, 1.165) is 16.8 Å². The number of likely N-dealkylation sites (N-methyl/N-ethyl adjacent to an activating group) is 1. The largest absolute Gasteiger partial charge is 0.394 e. The predicted octanol–water partition coefficient (Wildman–Crippen LogP) is 2.21. The van der Waals surface area contributed by atoms with Crippen LogP contribution in [0.3, 0.4) is 0 Å². The number of nitrogens with one attached hydrogen (secondary N) is 1. The number of amides is 1. The first-order chi connectivity index (χ1) is 11.3. The zero-order valence-electron chi connectivity index (χ0n) is 14.6. The van der Waals surface area contributed by atoms with Gasteiger partial charge in [0.1, 0.15) is 5.70 Å². The Morgan fingerprint density at radius 3 is 2.58 bits per heavy atom. The smallest absolute Gasteiger partial charge is 0.267 e. The van der Waals surface area contributed by atoms with Gasteiger partial charge in [-0.2, -0.15) is 0 Å². The van der Waals surface area contributed by atoms with E-state index in [1.54, 1.807) is 19.2 Å². The SMILES string of the molecule is CN=C1/C(=C(\N)C(=O)NCc2ccc(Cl)cc2)CN(C)C1C(C)C. The van der Waals surface area contributed by atoms with Gasteiger partial charge in [0.15, 0.2) is 0 Å². The van der Waals surface area contributed by atoms with Crippen LogP contribution < -0.4 is 11.1 Å². The van der Waals surface area contributed by atoms with Crippen LogP contribution in [-0.2, 0) is 11.3 Å². The fourth-order valence-electron chi connectivity index (χ4n) is 3.15. The molecule has 1 aliphatic heterocycles. The molecule has 1 heterocycles. The molecule has 1 unspecified atom stereocenters. The van der Waals surface area contributed by atoms with Crippen molar-refractivity contribution in [3.8, 4) is 0 Å². The van der Waals surface area contributed by atoms with E-state index in [1.165, 1.54) is 0 Å². The standard InChI is InChI=1S/C18H25ClN4O/c1-11(2)17-16(21-3)14(10-23(17)4)15(20)18(24)22-9-12-5-7-13(19)8-6-12/h5-8,11,17H,9-10,20H2,1-4H3,(H,22,24)/b15-14-,21-16?. The van der Waals surface area contributed by atoms with Gasteiger partial charge in [0.2, 0.25) is 0 Å². The van der Waals surface area contributed by atoms with Crippen LogP contribution in [0.15, 0.2) is 40.5 Å². The second-order valence-electron chi connectivity index (χ2n) is 6.41. The van der Waals surface area contributed by atoms with Crippen molar-refractivity contribution < 1.29 is 4.79 Å². The normalized spacial score (nSPS) is 22.2. The number of hydrogen-bond donors (Lipinski definition) is 2. The van der Waals surface area contributed by atoms with Crippen LogP contribution in [0.1, 0.15) is 19.4 Å². The molecule has 1 aromatic carbocycles. The highest BCUT2D eigenvalue weighted by Crippen LogP contribution is 2.25. The Labute approximate surface area is 148 Å². The van der Waals surface area contributed by atoms with Crippen LogP contribution in [-0.4, -0.2) is 43.2 Å². The Morgan fingerprint density at radius 1 is 1.42 bits per heavy atom. The van der Waals surface area contributed by atoms with Crippen LogP contribution in [0, 0.1) is 5.92 Å². The van der Waals surface area contributed by atoms with Crippen LogP contribution in [0.5, 0.6) is 0 Å². The summed E-state index contributed by atoms with van der Waals surface area (Å²) >= 11 is 5.86. The molecule has 6 heteroatoms. The average Bonchev–Trinajstić information content (AvgIpc) is 2.89. The van der Waals surface area contributed by atoms with Gasteiger partial charge in [-0.3, -0.25) is 14.7 Å². The second kappa shape index (κ2) is 7.81. The minimum atomic E-state index is -0.265. The lowest BCUT2D eigenvalue weighted by molar-refractivity contribution is -0.117. The Hall–Kier alpha value is -1.85. The molecule has 0 aliphatic carbocycles. The molecule has 1 saturated heterocycles. The van der Waals surface area contributed by atoms with Gasteiger partial charge < -0.3 is 11.1 Å². The molecule has 3 N–H and O–H groups in total.